The van der Waals surface area contributed by atoms with Gasteiger partial charge in [0.05, 0.1) is 11.4 Å². The van der Waals surface area contributed by atoms with Gasteiger partial charge in [-0.1, -0.05) is 26.8 Å². The van der Waals surface area contributed by atoms with Crippen LogP contribution >= 0.6 is 11.6 Å². The van der Waals surface area contributed by atoms with Crippen LogP contribution in [0.1, 0.15) is 42.3 Å². The molecule has 1 aromatic rings. The lowest BCUT2D eigenvalue weighted by Gasteiger charge is -2.21. The Bertz CT molecular complexity index is 436. The fourth-order valence-corrected chi connectivity index (χ4v) is 1.71. The first kappa shape index (κ1) is 14.0. The molecule has 3 N–H and O–H groups in total. The molecule has 0 fully saturated rings. The summed E-state index contributed by atoms with van der Waals surface area (Å²) in [5, 5.41) is 9.92. The number of alkyl halides is 1. The second-order valence-corrected chi connectivity index (χ2v) is 5.31. The number of carbonyl (C=O) groups excluding carboxylic acids is 1. The van der Waals surface area contributed by atoms with Gasteiger partial charge in [-0.3, -0.25) is 4.79 Å². The Morgan fingerprint density at radius 2 is 2.00 bits per heavy atom. The van der Waals surface area contributed by atoms with Crippen LogP contribution in [0.3, 0.4) is 0 Å². The number of nitrogens with two attached hydrogens (primary N) is 1. The molecule has 3 nitrogen and oxygen atoms in total. The van der Waals surface area contributed by atoms with E-state index in [9.17, 15) is 9.90 Å². The van der Waals surface area contributed by atoms with E-state index >= 15 is 0 Å². The Balaban J connectivity index is 3.44. The van der Waals surface area contributed by atoms with E-state index in [1.165, 1.54) is 0 Å². The SMILES string of the molecule is CC(C)(C)c1cc(CN)c(O)c(C(=O)CCl)c1. The number of Topliss-reactive ketones (excluding diaryl/α,β-unsaturated/α-hetero) is 1. The zero-order chi connectivity index (χ0) is 13.2. The molecule has 0 saturated carbocycles. The maximum Gasteiger partial charge on any atom is 0.181 e. The highest BCUT2D eigenvalue weighted by Crippen LogP contribution is 2.31. The van der Waals surface area contributed by atoms with Crippen molar-refractivity contribution < 1.29 is 9.90 Å². The maximum absolute atomic E-state index is 11.6. The molecule has 4 heteroatoms. The van der Waals surface area contributed by atoms with E-state index in [4.69, 9.17) is 17.3 Å². The lowest BCUT2D eigenvalue weighted by atomic mass is 9.84. The summed E-state index contributed by atoms with van der Waals surface area (Å²) in [5.41, 5.74) is 7.25. The van der Waals surface area contributed by atoms with Crippen LogP contribution in [0.4, 0.5) is 0 Å². The van der Waals surface area contributed by atoms with Gasteiger partial charge >= 0.3 is 0 Å². The van der Waals surface area contributed by atoms with Crippen LogP contribution in [0.25, 0.3) is 0 Å². The average molecular weight is 256 g/mol. The van der Waals surface area contributed by atoms with E-state index in [1.807, 2.05) is 26.8 Å². The number of hydrogen-bond donors (Lipinski definition) is 2. The van der Waals surface area contributed by atoms with Gasteiger partial charge in [-0.05, 0) is 17.0 Å². The van der Waals surface area contributed by atoms with Crippen molar-refractivity contribution in [1.82, 2.24) is 0 Å². The highest BCUT2D eigenvalue weighted by molar-refractivity contribution is 6.30. The van der Waals surface area contributed by atoms with Gasteiger partial charge in [-0.15, -0.1) is 11.6 Å². The van der Waals surface area contributed by atoms with Crippen molar-refractivity contribution in [1.29, 1.82) is 0 Å². The van der Waals surface area contributed by atoms with Crippen LogP contribution in [0.15, 0.2) is 12.1 Å². The number of hydrogen-bond acceptors (Lipinski definition) is 3. The van der Waals surface area contributed by atoms with Gasteiger partial charge in [0.15, 0.2) is 5.78 Å². The summed E-state index contributed by atoms with van der Waals surface area (Å²) >= 11 is 5.53. The maximum atomic E-state index is 11.6. The number of phenols is 1. The summed E-state index contributed by atoms with van der Waals surface area (Å²) in [6.07, 6.45) is 0. The molecule has 0 aromatic heterocycles. The molecule has 0 amide bonds. The Labute approximate surface area is 107 Å². The summed E-state index contributed by atoms with van der Waals surface area (Å²) in [6.45, 7) is 6.30. The van der Waals surface area contributed by atoms with Gasteiger partial charge in [0.1, 0.15) is 5.75 Å². The van der Waals surface area contributed by atoms with E-state index in [0.29, 0.717) is 5.56 Å². The highest BCUT2D eigenvalue weighted by Gasteiger charge is 2.20. The fourth-order valence-electron chi connectivity index (χ4n) is 1.57. The third-order valence-corrected chi connectivity index (χ3v) is 2.94. The zero-order valence-corrected chi connectivity index (χ0v) is 11.1. The third-order valence-electron chi connectivity index (χ3n) is 2.70. The van der Waals surface area contributed by atoms with Crippen LogP contribution in [0, 0.1) is 0 Å². The summed E-state index contributed by atoms with van der Waals surface area (Å²) < 4.78 is 0. The first-order chi connectivity index (χ1) is 7.81. The molecule has 17 heavy (non-hydrogen) atoms. The van der Waals surface area contributed by atoms with Gasteiger partial charge in [-0.2, -0.15) is 0 Å². The summed E-state index contributed by atoms with van der Waals surface area (Å²) in [4.78, 5) is 11.6. The van der Waals surface area contributed by atoms with Gasteiger partial charge in [0.25, 0.3) is 0 Å². The molecular weight excluding hydrogens is 238 g/mol. The summed E-state index contributed by atoms with van der Waals surface area (Å²) in [6, 6.07) is 3.53. The molecule has 0 atom stereocenters. The lowest BCUT2D eigenvalue weighted by molar-refractivity contribution is 0.101. The molecule has 0 aliphatic heterocycles. The number of benzene rings is 1. The van der Waals surface area contributed by atoms with E-state index in [2.05, 4.69) is 0 Å². The first-order valence-electron chi connectivity index (χ1n) is 5.47. The summed E-state index contributed by atoms with van der Waals surface area (Å²) in [5.74, 6) is -0.485. The van der Waals surface area contributed by atoms with Crippen LogP contribution in [0.2, 0.25) is 0 Å². The standard InChI is InChI=1S/C13H18ClNO2/c1-13(2,3)9-4-8(7-15)12(17)10(5-9)11(16)6-14/h4-5,17H,6-7,15H2,1-3H3. The van der Waals surface area contributed by atoms with Crippen molar-refractivity contribution in [3.63, 3.8) is 0 Å². The second kappa shape index (κ2) is 5.07. The first-order valence-corrected chi connectivity index (χ1v) is 6.00. The largest absolute Gasteiger partial charge is 0.507 e. The van der Waals surface area contributed by atoms with E-state index < -0.39 is 0 Å². The van der Waals surface area contributed by atoms with Gasteiger partial charge in [0.2, 0.25) is 0 Å². The summed E-state index contributed by atoms with van der Waals surface area (Å²) in [7, 11) is 0. The zero-order valence-electron chi connectivity index (χ0n) is 10.4. The molecule has 94 valence electrons. The van der Waals surface area contributed by atoms with Gasteiger partial charge < -0.3 is 10.8 Å². The third kappa shape index (κ3) is 2.99. The van der Waals surface area contributed by atoms with Gasteiger partial charge in [0, 0.05) is 12.1 Å². The highest BCUT2D eigenvalue weighted by atomic mass is 35.5. The monoisotopic (exact) mass is 255 g/mol. The smallest absolute Gasteiger partial charge is 0.181 e. The predicted octanol–water partition coefficient (Wildman–Crippen LogP) is 2.57. The molecule has 0 bridgehead atoms. The lowest BCUT2D eigenvalue weighted by Crippen LogP contribution is -2.15. The molecule has 0 saturated heterocycles. The topological polar surface area (TPSA) is 63.3 Å². The Morgan fingerprint density at radius 3 is 2.41 bits per heavy atom. The minimum Gasteiger partial charge on any atom is -0.507 e. The van der Waals surface area contributed by atoms with Crippen LogP contribution in [-0.4, -0.2) is 16.8 Å². The minimum absolute atomic E-state index is 0.0499. The average Bonchev–Trinajstić information content (AvgIpc) is 2.26. The fraction of sp³-hybridized carbons (Fsp3) is 0.462. The quantitative estimate of drug-likeness (QED) is 0.645. The Morgan fingerprint density at radius 1 is 1.41 bits per heavy atom. The van der Waals surface area contributed by atoms with E-state index in [-0.39, 0.29) is 34.9 Å². The molecular formula is C13H18ClNO2. The molecule has 0 unspecified atom stereocenters. The second-order valence-electron chi connectivity index (χ2n) is 5.04. The number of halogens is 1. The van der Waals surface area contributed by atoms with Crippen LogP contribution in [-0.2, 0) is 12.0 Å². The molecule has 0 heterocycles. The van der Waals surface area contributed by atoms with Crippen LogP contribution < -0.4 is 5.73 Å². The molecule has 1 rings (SSSR count). The van der Waals surface area contributed by atoms with Crippen molar-refractivity contribution in [2.24, 2.45) is 5.73 Å². The molecule has 0 aliphatic rings. The van der Waals surface area contributed by atoms with Crippen molar-refractivity contribution in [2.75, 3.05) is 5.88 Å². The number of rotatable bonds is 3. The van der Waals surface area contributed by atoms with E-state index in [0.717, 1.165) is 5.56 Å². The van der Waals surface area contributed by atoms with Crippen molar-refractivity contribution in [3.05, 3.63) is 28.8 Å². The van der Waals surface area contributed by atoms with Crippen molar-refractivity contribution in [2.45, 2.75) is 32.7 Å². The number of carbonyl (C=O) groups is 1. The molecule has 0 spiro atoms. The predicted molar refractivity (Wildman–Crippen MR) is 69.7 cm³/mol. The number of phenolic OH excluding ortho intramolecular Hbond substituents is 1. The minimum atomic E-state index is -0.287. The van der Waals surface area contributed by atoms with Gasteiger partial charge in [-0.25, -0.2) is 0 Å². The Kier molecular flexibility index (Phi) is 4.17. The number of ketones is 1. The normalized spacial score (nSPS) is 11.6. The molecule has 0 radical (unpaired) electrons. The molecule has 0 aliphatic carbocycles. The van der Waals surface area contributed by atoms with Crippen molar-refractivity contribution in [3.8, 4) is 5.75 Å². The van der Waals surface area contributed by atoms with Crippen molar-refractivity contribution >= 4 is 17.4 Å². The van der Waals surface area contributed by atoms with E-state index in [1.54, 1.807) is 6.07 Å². The Hall–Kier alpha value is -1.06. The molecule has 1 aromatic carbocycles. The number of aromatic hydroxyl groups is 1. The van der Waals surface area contributed by atoms with Crippen LogP contribution in [0.5, 0.6) is 5.75 Å².